The van der Waals surface area contributed by atoms with Crippen LogP contribution >= 0.6 is 27.5 Å². The van der Waals surface area contributed by atoms with Gasteiger partial charge in [0.1, 0.15) is 17.9 Å². The van der Waals surface area contributed by atoms with Crippen molar-refractivity contribution >= 4 is 33.5 Å². The van der Waals surface area contributed by atoms with Gasteiger partial charge in [-0.25, -0.2) is 4.79 Å². The van der Waals surface area contributed by atoms with E-state index in [1.807, 2.05) is 24.3 Å². The third-order valence-corrected chi connectivity index (χ3v) is 3.19. The molecular weight excluding hydrogens is 332 g/mol. The van der Waals surface area contributed by atoms with Gasteiger partial charge in [0, 0.05) is 9.50 Å². The normalized spacial score (nSPS) is 10.2. The second-order valence-corrected chi connectivity index (χ2v) is 5.22. The predicted molar refractivity (Wildman–Crippen MR) is 76.9 cm³/mol. The van der Waals surface area contributed by atoms with Crippen LogP contribution in [0.5, 0.6) is 5.75 Å². The van der Waals surface area contributed by atoms with E-state index in [0.29, 0.717) is 5.02 Å². The zero-order valence-electron chi connectivity index (χ0n) is 9.77. The molecule has 1 N–H and O–H groups in total. The first kappa shape index (κ1) is 13.9. The predicted octanol–water partition coefficient (Wildman–Crippen LogP) is 4.38. The Labute approximate surface area is 123 Å². The Hall–Kier alpha value is -1.52. The average Bonchev–Trinajstić information content (AvgIpc) is 2.36. The van der Waals surface area contributed by atoms with Crippen LogP contribution in [0.4, 0.5) is 0 Å². The minimum absolute atomic E-state index is 0.0967. The van der Waals surface area contributed by atoms with Gasteiger partial charge in [-0.1, -0.05) is 39.7 Å². The second-order valence-electron chi connectivity index (χ2n) is 3.86. The molecule has 0 spiro atoms. The van der Waals surface area contributed by atoms with Crippen LogP contribution in [0.25, 0.3) is 0 Å². The van der Waals surface area contributed by atoms with Crippen molar-refractivity contribution in [3.63, 3.8) is 0 Å². The van der Waals surface area contributed by atoms with Crippen molar-refractivity contribution in [2.24, 2.45) is 0 Å². The van der Waals surface area contributed by atoms with Gasteiger partial charge in [0.15, 0.2) is 0 Å². The fourth-order valence-electron chi connectivity index (χ4n) is 1.58. The molecule has 19 heavy (non-hydrogen) atoms. The minimum Gasteiger partial charge on any atom is -0.488 e. The second kappa shape index (κ2) is 6.08. The van der Waals surface area contributed by atoms with Crippen molar-refractivity contribution in [3.8, 4) is 5.75 Å². The molecule has 0 saturated heterocycles. The molecule has 0 aliphatic rings. The quantitative estimate of drug-likeness (QED) is 0.897. The van der Waals surface area contributed by atoms with Crippen LogP contribution in [-0.2, 0) is 6.61 Å². The molecule has 2 rings (SSSR count). The molecule has 0 amide bonds. The lowest BCUT2D eigenvalue weighted by atomic mass is 10.2. The van der Waals surface area contributed by atoms with Gasteiger partial charge in [-0.2, -0.15) is 0 Å². The van der Waals surface area contributed by atoms with Gasteiger partial charge in [0.25, 0.3) is 0 Å². The molecule has 0 atom stereocenters. The zero-order chi connectivity index (χ0) is 13.8. The van der Waals surface area contributed by atoms with Crippen LogP contribution in [0.3, 0.4) is 0 Å². The molecular formula is C14H10BrClO3. The number of rotatable bonds is 4. The van der Waals surface area contributed by atoms with Crippen molar-refractivity contribution < 1.29 is 14.6 Å². The molecule has 0 radical (unpaired) electrons. The summed E-state index contributed by atoms with van der Waals surface area (Å²) in [5.41, 5.74) is 1.03. The van der Waals surface area contributed by atoms with E-state index in [-0.39, 0.29) is 17.9 Å². The standard InChI is InChI=1S/C14H10BrClO3/c15-10-3-1-2-9(6-10)8-19-13-7-11(16)4-5-12(13)14(17)18/h1-7H,8H2,(H,17,18). The van der Waals surface area contributed by atoms with Crippen LogP contribution in [0.1, 0.15) is 15.9 Å². The highest BCUT2D eigenvalue weighted by atomic mass is 79.9. The van der Waals surface area contributed by atoms with Crippen LogP contribution in [0.2, 0.25) is 5.02 Å². The first-order chi connectivity index (χ1) is 9.06. The number of carboxylic acid groups (broad SMARTS) is 1. The molecule has 0 fully saturated rings. The summed E-state index contributed by atoms with van der Waals surface area (Å²) in [6, 6.07) is 12.1. The maximum Gasteiger partial charge on any atom is 0.339 e. The van der Waals surface area contributed by atoms with Gasteiger partial charge in [-0.05, 0) is 35.9 Å². The molecule has 0 heterocycles. The third kappa shape index (κ3) is 3.72. The molecule has 3 nitrogen and oxygen atoms in total. The third-order valence-electron chi connectivity index (χ3n) is 2.46. The summed E-state index contributed by atoms with van der Waals surface area (Å²) in [6.07, 6.45) is 0. The van der Waals surface area contributed by atoms with Gasteiger partial charge in [0.05, 0.1) is 0 Å². The lowest BCUT2D eigenvalue weighted by Crippen LogP contribution is -2.03. The van der Waals surface area contributed by atoms with Crippen molar-refractivity contribution in [2.45, 2.75) is 6.61 Å². The van der Waals surface area contributed by atoms with Crippen molar-refractivity contribution in [1.82, 2.24) is 0 Å². The molecule has 5 heteroatoms. The fourth-order valence-corrected chi connectivity index (χ4v) is 2.19. The summed E-state index contributed by atoms with van der Waals surface area (Å²) < 4.78 is 6.48. The summed E-state index contributed by atoms with van der Waals surface area (Å²) in [7, 11) is 0. The number of aromatic carboxylic acids is 1. The highest BCUT2D eigenvalue weighted by Gasteiger charge is 2.11. The SMILES string of the molecule is O=C(O)c1ccc(Cl)cc1OCc1cccc(Br)c1. The molecule has 0 saturated carbocycles. The van der Waals surface area contributed by atoms with Crippen LogP contribution < -0.4 is 4.74 Å². The fraction of sp³-hybridized carbons (Fsp3) is 0.0714. The Bertz CT molecular complexity index is 613. The number of ether oxygens (including phenoxy) is 1. The van der Waals surface area contributed by atoms with E-state index in [0.717, 1.165) is 10.0 Å². The number of carboxylic acids is 1. The minimum atomic E-state index is -1.04. The van der Waals surface area contributed by atoms with Crippen molar-refractivity contribution in [3.05, 3.63) is 63.1 Å². The molecule has 0 bridgehead atoms. The first-order valence-corrected chi connectivity index (χ1v) is 6.63. The summed E-state index contributed by atoms with van der Waals surface area (Å²) in [5.74, 6) is -0.777. The first-order valence-electron chi connectivity index (χ1n) is 5.46. The average molecular weight is 342 g/mol. The smallest absolute Gasteiger partial charge is 0.339 e. The van der Waals surface area contributed by atoms with Gasteiger partial charge in [0.2, 0.25) is 0 Å². The Morgan fingerprint density at radius 1 is 1.26 bits per heavy atom. The molecule has 2 aromatic carbocycles. The summed E-state index contributed by atoms with van der Waals surface area (Å²) in [6.45, 7) is 0.278. The van der Waals surface area contributed by atoms with Gasteiger partial charge >= 0.3 is 5.97 Å². The van der Waals surface area contributed by atoms with E-state index in [1.165, 1.54) is 18.2 Å². The molecule has 0 aliphatic carbocycles. The lowest BCUT2D eigenvalue weighted by molar-refractivity contribution is 0.0692. The zero-order valence-corrected chi connectivity index (χ0v) is 12.1. The summed E-state index contributed by atoms with van der Waals surface area (Å²) in [5, 5.41) is 9.51. The van der Waals surface area contributed by atoms with Gasteiger partial charge in [-0.15, -0.1) is 0 Å². The van der Waals surface area contributed by atoms with E-state index in [9.17, 15) is 4.79 Å². The van der Waals surface area contributed by atoms with Crippen molar-refractivity contribution in [2.75, 3.05) is 0 Å². The number of carbonyl (C=O) groups is 1. The maximum absolute atomic E-state index is 11.1. The molecule has 98 valence electrons. The van der Waals surface area contributed by atoms with Gasteiger partial charge in [-0.3, -0.25) is 0 Å². The van der Waals surface area contributed by atoms with E-state index in [4.69, 9.17) is 21.4 Å². The highest BCUT2D eigenvalue weighted by Crippen LogP contribution is 2.24. The molecule has 0 unspecified atom stereocenters. The molecule has 0 aromatic heterocycles. The number of hydrogen-bond acceptors (Lipinski definition) is 2. The van der Waals surface area contributed by atoms with E-state index in [1.54, 1.807) is 0 Å². The molecule has 0 aliphatic heterocycles. The Kier molecular flexibility index (Phi) is 4.45. The molecule has 2 aromatic rings. The Morgan fingerprint density at radius 2 is 2.05 bits per heavy atom. The number of benzene rings is 2. The van der Waals surface area contributed by atoms with E-state index >= 15 is 0 Å². The maximum atomic E-state index is 11.1. The Balaban J connectivity index is 2.19. The monoisotopic (exact) mass is 340 g/mol. The summed E-state index contributed by atoms with van der Waals surface area (Å²) >= 11 is 9.21. The van der Waals surface area contributed by atoms with E-state index in [2.05, 4.69) is 15.9 Å². The highest BCUT2D eigenvalue weighted by molar-refractivity contribution is 9.10. The summed E-state index contributed by atoms with van der Waals surface area (Å²) in [4.78, 5) is 11.1. The number of halogens is 2. The van der Waals surface area contributed by atoms with E-state index < -0.39 is 5.97 Å². The Morgan fingerprint density at radius 3 is 2.74 bits per heavy atom. The van der Waals surface area contributed by atoms with Crippen LogP contribution in [0, 0.1) is 0 Å². The van der Waals surface area contributed by atoms with Crippen LogP contribution in [0.15, 0.2) is 46.9 Å². The topological polar surface area (TPSA) is 46.5 Å². The number of hydrogen-bond donors (Lipinski definition) is 1. The van der Waals surface area contributed by atoms with Gasteiger partial charge < -0.3 is 9.84 Å². The largest absolute Gasteiger partial charge is 0.488 e. The lowest BCUT2D eigenvalue weighted by Gasteiger charge is -2.09. The van der Waals surface area contributed by atoms with Crippen LogP contribution in [-0.4, -0.2) is 11.1 Å². The van der Waals surface area contributed by atoms with Crippen molar-refractivity contribution in [1.29, 1.82) is 0 Å².